The molecule has 0 spiro atoms. The number of hydrogen-bond acceptors (Lipinski definition) is 4. The highest BCUT2D eigenvalue weighted by Crippen LogP contribution is 2.19. The maximum Gasteiger partial charge on any atom is 0.257 e. The van der Waals surface area contributed by atoms with Crippen molar-refractivity contribution in [1.29, 1.82) is 0 Å². The van der Waals surface area contributed by atoms with Crippen LogP contribution in [0.1, 0.15) is 0 Å². The first-order chi connectivity index (χ1) is 5.86. The van der Waals surface area contributed by atoms with E-state index in [1.807, 2.05) is 0 Å². The minimum absolute atomic E-state index is 0.186. The van der Waals surface area contributed by atoms with Gasteiger partial charge in [0.2, 0.25) is 0 Å². The van der Waals surface area contributed by atoms with E-state index in [9.17, 15) is 0 Å². The highest BCUT2D eigenvalue weighted by atomic mass is 16.5. The number of phenolic OH excluding ortho intramolecular Hbond substituents is 1. The zero-order valence-electron chi connectivity index (χ0n) is 6.14. The summed E-state index contributed by atoms with van der Waals surface area (Å²) in [5.41, 5.74) is 0.715. The maximum atomic E-state index is 9.12. The van der Waals surface area contributed by atoms with Crippen LogP contribution in [0.5, 0.6) is 5.75 Å². The van der Waals surface area contributed by atoms with E-state index in [1.165, 1.54) is 6.33 Å². The fourth-order valence-electron chi connectivity index (χ4n) is 0.939. The van der Waals surface area contributed by atoms with Crippen molar-refractivity contribution in [2.45, 2.75) is 0 Å². The average Bonchev–Trinajstić information content (AvgIpc) is 2.56. The molecule has 1 N–H and O–H groups in total. The van der Waals surface area contributed by atoms with Crippen LogP contribution in [0.15, 0.2) is 35.1 Å². The zero-order chi connectivity index (χ0) is 8.39. The second-order valence-electron chi connectivity index (χ2n) is 2.30. The summed E-state index contributed by atoms with van der Waals surface area (Å²) in [7, 11) is 0. The van der Waals surface area contributed by atoms with E-state index in [-0.39, 0.29) is 5.75 Å². The Morgan fingerprint density at radius 1 is 1.33 bits per heavy atom. The van der Waals surface area contributed by atoms with E-state index in [0.29, 0.717) is 11.5 Å². The molecule has 0 radical (unpaired) electrons. The van der Waals surface area contributed by atoms with E-state index in [4.69, 9.17) is 9.63 Å². The van der Waals surface area contributed by atoms with Crippen molar-refractivity contribution in [3.63, 3.8) is 0 Å². The van der Waals surface area contributed by atoms with Gasteiger partial charge in [-0.15, -0.1) is 0 Å². The highest BCUT2D eigenvalue weighted by Gasteiger charge is 2.02. The van der Waals surface area contributed by atoms with Crippen LogP contribution in [-0.4, -0.2) is 15.2 Å². The Hall–Kier alpha value is -1.84. The van der Waals surface area contributed by atoms with Crippen LogP contribution in [0.2, 0.25) is 0 Å². The first kappa shape index (κ1) is 6.84. The Labute approximate surface area is 68.5 Å². The molecule has 0 unspecified atom stereocenters. The Balaban J connectivity index is 2.48. The third-order valence-electron chi connectivity index (χ3n) is 1.45. The lowest BCUT2D eigenvalue weighted by atomic mass is 10.2. The van der Waals surface area contributed by atoms with Crippen LogP contribution in [-0.2, 0) is 0 Å². The van der Waals surface area contributed by atoms with Crippen LogP contribution in [0.25, 0.3) is 11.5 Å². The van der Waals surface area contributed by atoms with Crippen LogP contribution in [0.4, 0.5) is 0 Å². The lowest BCUT2D eigenvalue weighted by Crippen LogP contribution is -1.75. The maximum absolute atomic E-state index is 9.12. The van der Waals surface area contributed by atoms with Crippen molar-refractivity contribution in [1.82, 2.24) is 10.1 Å². The van der Waals surface area contributed by atoms with Gasteiger partial charge < -0.3 is 9.63 Å². The zero-order valence-corrected chi connectivity index (χ0v) is 6.14. The first-order valence-corrected chi connectivity index (χ1v) is 3.42. The minimum atomic E-state index is 0.186. The van der Waals surface area contributed by atoms with E-state index in [0.717, 1.165) is 0 Å². The van der Waals surface area contributed by atoms with Gasteiger partial charge in [0, 0.05) is 5.56 Å². The van der Waals surface area contributed by atoms with Crippen molar-refractivity contribution in [2.24, 2.45) is 0 Å². The molecule has 0 saturated carbocycles. The molecule has 4 heteroatoms. The molecular weight excluding hydrogens is 156 g/mol. The molecule has 60 valence electrons. The average molecular weight is 162 g/mol. The normalized spacial score (nSPS) is 10.0. The van der Waals surface area contributed by atoms with E-state index in [1.54, 1.807) is 24.3 Å². The van der Waals surface area contributed by atoms with Crippen LogP contribution >= 0.6 is 0 Å². The minimum Gasteiger partial charge on any atom is -0.508 e. The van der Waals surface area contributed by atoms with Crippen molar-refractivity contribution >= 4 is 0 Å². The van der Waals surface area contributed by atoms with Gasteiger partial charge in [0.25, 0.3) is 5.89 Å². The molecule has 0 saturated heterocycles. The molecule has 4 nitrogen and oxygen atoms in total. The predicted molar refractivity (Wildman–Crippen MR) is 41.4 cm³/mol. The molecular formula is C8H6N2O2. The molecule has 0 aliphatic carbocycles. The summed E-state index contributed by atoms with van der Waals surface area (Å²) in [5, 5.41) is 12.6. The van der Waals surface area contributed by atoms with Crippen molar-refractivity contribution in [3.05, 3.63) is 30.6 Å². The lowest BCUT2D eigenvalue weighted by molar-refractivity contribution is 0.429. The third-order valence-corrected chi connectivity index (χ3v) is 1.45. The molecule has 2 aromatic rings. The van der Waals surface area contributed by atoms with E-state index < -0.39 is 0 Å². The van der Waals surface area contributed by atoms with Crippen LogP contribution in [0, 0.1) is 0 Å². The first-order valence-electron chi connectivity index (χ1n) is 3.42. The molecule has 1 aromatic heterocycles. The summed E-state index contributed by atoms with van der Waals surface area (Å²) in [6.07, 6.45) is 1.32. The second-order valence-corrected chi connectivity index (χ2v) is 2.30. The Kier molecular flexibility index (Phi) is 1.51. The van der Waals surface area contributed by atoms with Crippen molar-refractivity contribution < 1.29 is 9.63 Å². The summed E-state index contributed by atoms with van der Waals surface area (Å²) < 4.78 is 4.80. The summed E-state index contributed by atoms with van der Waals surface area (Å²) in [6.45, 7) is 0. The second kappa shape index (κ2) is 2.65. The van der Waals surface area contributed by atoms with Crippen molar-refractivity contribution in [3.8, 4) is 17.2 Å². The molecule has 1 aromatic carbocycles. The number of aromatic hydroxyl groups is 1. The van der Waals surface area contributed by atoms with Crippen LogP contribution < -0.4 is 0 Å². The van der Waals surface area contributed by atoms with Gasteiger partial charge in [-0.25, -0.2) is 0 Å². The molecule has 0 aliphatic heterocycles. The Morgan fingerprint density at radius 2 is 2.25 bits per heavy atom. The summed E-state index contributed by atoms with van der Waals surface area (Å²) in [5.74, 6) is 0.594. The highest BCUT2D eigenvalue weighted by molar-refractivity contribution is 5.54. The van der Waals surface area contributed by atoms with Gasteiger partial charge in [-0.05, 0) is 18.2 Å². The summed E-state index contributed by atoms with van der Waals surface area (Å²) >= 11 is 0. The van der Waals surface area contributed by atoms with E-state index >= 15 is 0 Å². The standard InChI is InChI=1S/C8H6N2O2/c11-7-3-1-2-6(4-7)8-9-5-10-12-8/h1-5,11H. The molecule has 0 fully saturated rings. The summed E-state index contributed by atoms with van der Waals surface area (Å²) in [6, 6.07) is 6.65. The van der Waals surface area contributed by atoms with Gasteiger partial charge in [0.1, 0.15) is 5.75 Å². The SMILES string of the molecule is Oc1cccc(-c2ncno2)c1. The van der Waals surface area contributed by atoms with Gasteiger partial charge in [-0.3, -0.25) is 0 Å². The number of nitrogens with zero attached hydrogens (tertiary/aromatic N) is 2. The molecule has 0 atom stereocenters. The van der Waals surface area contributed by atoms with Crippen molar-refractivity contribution in [2.75, 3.05) is 0 Å². The van der Waals surface area contributed by atoms with Gasteiger partial charge >= 0.3 is 0 Å². The third kappa shape index (κ3) is 1.14. The number of aromatic nitrogens is 2. The number of benzene rings is 1. The topological polar surface area (TPSA) is 59.2 Å². The molecule has 2 rings (SSSR count). The lowest BCUT2D eigenvalue weighted by Gasteiger charge is -1.93. The number of phenols is 1. The Morgan fingerprint density at radius 3 is 2.92 bits per heavy atom. The van der Waals surface area contributed by atoms with Crippen LogP contribution in [0.3, 0.4) is 0 Å². The quantitative estimate of drug-likeness (QED) is 0.689. The monoisotopic (exact) mass is 162 g/mol. The molecule has 12 heavy (non-hydrogen) atoms. The predicted octanol–water partition coefficient (Wildman–Crippen LogP) is 1.44. The molecule has 0 bridgehead atoms. The van der Waals surface area contributed by atoms with E-state index in [2.05, 4.69) is 10.1 Å². The molecule has 0 aliphatic rings. The van der Waals surface area contributed by atoms with Gasteiger partial charge in [0.05, 0.1) is 0 Å². The molecule has 1 heterocycles. The smallest absolute Gasteiger partial charge is 0.257 e. The number of rotatable bonds is 1. The van der Waals surface area contributed by atoms with Gasteiger partial charge in [-0.1, -0.05) is 11.2 Å². The molecule has 0 amide bonds. The summed E-state index contributed by atoms with van der Waals surface area (Å²) in [4.78, 5) is 3.84. The fourth-order valence-corrected chi connectivity index (χ4v) is 0.939. The fraction of sp³-hybridized carbons (Fsp3) is 0. The van der Waals surface area contributed by atoms with Gasteiger partial charge in [-0.2, -0.15) is 4.98 Å². The Bertz CT molecular complexity index is 370. The largest absolute Gasteiger partial charge is 0.508 e. The number of hydrogen-bond donors (Lipinski definition) is 1. The van der Waals surface area contributed by atoms with Gasteiger partial charge in [0.15, 0.2) is 6.33 Å².